The molecule has 3 rings (SSSR count). The lowest BCUT2D eigenvalue weighted by Crippen LogP contribution is -2.36. The Labute approximate surface area is 130 Å². The van der Waals surface area contributed by atoms with Gasteiger partial charge in [-0.25, -0.2) is 18.1 Å². The summed E-state index contributed by atoms with van der Waals surface area (Å²) in [6.45, 7) is 1.77. The van der Waals surface area contributed by atoms with E-state index in [-0.39, 0.29) is 6.04 Å². The molecule has 0 radical (unpaired) electrons. The second-order valence-corrected chi connectivity index (χ2v) is 7.45. The normalized spacial score (nSPS) is 16.8. The van der Waals surface area contributed by atoms with Crippen molar-refractivity contribution in [2.75, 3.05) is 0 Å². The molecule has 0 atom stereocenters. The number of rotatable bonds is 4. The largest absolute Gasteiger partial charge is 0.449 e. The van der Waals surface area contributed by atoms with Crippen molar-refractivity contribution in [3.05, 3.63) is 36.4 Å². The standard InChI is InChI=1S/C16H20N2O3S/c1-12-17-16(11-21-12)13-7-9-15(10-8-13)22(19,20)18-14-5-3-2-4-6-14/h7-11,14,18H,2-6H2,1H3. The molecule has 1 aliphatic carbocycles. The number of benzene rings is 1. The van der Waals surface area contributed by atoms with Crippen LogP contribution < -0.4 is 4.72 Å². The highest BCUT2D eigenvalue weighted by atomic mass is 32.2. The molecule has 0 spiro atoms. The molecule has 2 aromatic rings. The van der Waals surface area contributed by atoms with E-state index >= 15 is 0 Å². The highest BCUT2D eigenvalue weighted by Gasteiger charge is 2.21. The van der Waals surface area contributed by atoms with Crippen molar-refractivity contribution in [1.29, 1.82) is 0 Å². The van der Waals surface area contributed by atoms with Crippen LogP contribution in [0.1, 0.15) is 38.0 Å². The van der Waals surface area contributed by atoms with Gasteiger partial charge in [-0.05, 0) is 25.0 Å². The van der Waals surface area contributed by atoms with E-state index in [1.807, 2.05) is 0 Å². The topological polar surface area (TPSA) is 72.2 Å². The van der Waals surface area contributed by atoms with Crippen molar-refractivity contribution in [3.8, 4) is 11.3 Å². The summed E-state index contributed by atoms with van der Waals surface area (Å²) in [6, 6.07) is 6.81. The fourth-order valence-corrected chi connectivity index (χ4v) is 4.11. The third-order valence-electron chi connectivity index (χ3n) is 4.01. The summed E-state index contributed by atoms with van der Waals surface area (Å²) >= 11 is 0. The van der Waals surface area contributed by atoms with Crippen molar-refractivity contribution >= 4 is 10.0 Å². The van der Waals surface area contributed by atoms with Crippen molar-refractivity contribution in [2.24, 2.45) is 0 Å². The second kappa shape index (κ2) is 6.22. The number of nitrogens with zero attached hydrogens (tertiary/aromatic N) is 1. The molecule has 1 N–H and O–H groups in total. The second-order valence-electron chi connectivity index (χ2n) is 5.73. The molecule has 0 amide bonds. The minimum Gasteiger partial charge on any atom is -0.449 e. The summed E-state index contributed by atoms with van der Waals surface area (Å²) in [5, 5.41) is 0. The molecule has 0 aliphatic heterocycles. The van der Waals surface area contributed by atoms with Gasteiger partial charge in [-0.1, -0.05) is 31.4 Å². The molecule has 1 fully saturated rings. The Morgan fingerprint density at radius 1 is 1.14 bits per heavy atom. The Morgan fingerprint density at radius 2 is 1.82 bits per heavy atom. The van der Waals surface area contributed by atoms with Gasteiger partial charge in [-0.2, -0.15) is 0 Å². The minimum absolute atomic E-state index is 0.0663. The first-order chi connectivity index (χ1) is 10.5. The van der Waals surface area contributed by atoms with Crippen LogP contribution in [0.25, 0.3) is 11.3 Å². The molecule has 118 valence electrons. The van der Waals surface area contributed by atoms with Crippen molar-refractivity contribution in [1.82, 2.24) is 9.71 Å². The van der Waals surface area contributed by atoms with E-state index in [1.165, 1.54) is 6.42 Å². The Kier molecular flexibility index (Phi) is 4.31. The Bertz CT molecular complexity index is 729. The van der Waals surface area contributed by atoms with E-state index < -0.39 is 10.0 Å². The summed E-state index contributed by atoms with van der Waals surface area (Å²) in [7, 11) is -3.45. The number of aromatic nitrogens is 1. The van der Waals surface area contributed by atoms with Crippen LogP contribution in [0.4, 0.5) is 0 Å². The van der Waals surface area contributed by atoms with E-state index in [1.54, 1.807) is 37.5 Å². The number of aryl methyl sites for hydroxylation is 1. The van der Waals surface area contributed by atoms with Crippen molar-refractivity contribution < 1.29 is 12.8 Å². The molecular weight excluding hydrogens is 300 g/mol. The highest BCUT2D eigenvalue weighted by Crippen LogP contribution is 2.23. The first-order valence-electron chi connectivity index (χ1n) is 7.59. The SMILES string of the molecule is Cc1nc(-c2ccc(S(=O)(=O)NC3CCCCC3)cc2)co1. The van der Waals surface area contributed by atoms with Gasteiger partial charge in [0, 0.05) is 18.5 Å². The molecule has 1 saturated carbocycles. The molecule has 22 heavy (non-hydrogen) atoms. The molecule has 6 heteroatoms. The lowest BCUT2D eigenvalue weighted by atomic mass is 9.96. The first kappa shape index (κ1) is 15.2. The molecule has 1 aliphatic rings. The number of nitrogens with one attached hydrogen (secondary N) is 1. The number of hydrogen-bond donors (Lipinski definition) is 1. The minimum atomic E-state index is -3.45. The summed E-state index contributed by atoms with van der Waals surface area (Å²) in [5.74, 6) is 0.589. The van der Waals surface area contributed by atoms with Crippen LogP contribution in [-0.4, -0.2) is 19.4 Å². The van der Waals surface area contributed by atoms with Gasteiger partial charge in [0.15, 0.2) is 5.89 Å². The fourth-order valence-electron chi connectivity index (χ4n) is 2.81. The van der Waals surface area contributed by atoms with Gasteiger partial charge < -0.3 is 4.42 Å². The summed E-state index contributed by atoms with van der Waals surface area (Å²) in [4.78, 5) is 4.53. The van der Waals surface area contributed by atoms with Crippen LogP contribution >= 0.6 is 0 Å². The summed E-state index contributed by atoms with van der Waals surface area (Å²) < 4.78 is 32.8. The van der Waals surface area contributed by atoms with Gasteiger partial charge in [0.2, 0.25) is 10.0 Å². The van der Waals surface area contributed by atoms with Crippen LogP contribution in [0.2, 0.25) is 0 Å². The quantitative estimate of drug-likeness (QED) is 0.938. The zero-order valence-electron chi connectivity index (χ0n) is 12.6. The fraction of sp³-hybridized carbons (Fsp3) is 0.438. The smallest absolute Gasteiger partial charge is 0.240 e. The van der Waals surface area contributed by atoms with Gasteiger partial charge in [0.25, 0.3) is 0 Å². The third kappa shape index (κ3) is 3.39. The maximum atomic E-state index is 12.4. The lowest BCUT2D eigenvalue weighted by molar-refractivity contribution is 0.412. The first-order valence-corrected chi connectivity index (χ1v) is 9.08. The zero-order valence-corrected chi connectivity index (χ0v) is 13.4. The maximum Gasteiger partial charge on any atom is 0.240 e. The number of oxazole rings is 1. The third-order valence-corrected chi connectivity index (χ3v) is 5.54. The molecule has 0 unspecified atom stereocenters. The maximum absolute atomic E-state index is 12.4. The van der Waals surface area contributed by atoms with Crippen LogP contribution in [-0.2, 0) is 10.0 Å². The Hall–Kier alpha value is -1.66. The summed E-state index contributed by atoms with van der Waals surface area (Å²) in [5.41, 5.74) is 1.55. The van der Waals surface area contributed by atoms with Crippen LogP contribution in [0.5, 0.6) is 0 Å². The van der Waals surface area contributed by atoms with Crippen LogP contribution in [0, 0.1) is 6.92 Å². The molecular formula is C16H20N2O3S. The van der Waals surface area contributed by atoms with Gasteiger partial charge in [0.05, 0.1) is 4.90 Å². The van der Waals surface area contributed by atoms with Crippen molar-refractivity contribution in [3.63, 3.8) is 0 Å². The molecule has 1 heterocycles. The van der Waals surface area contributed by atoms with Gasteiger partial charge in [-0.3, -0.25) is 0 Å². The van der Waals surface area contributed by atoms with Crippen LogP contribution in [0.3, 0.4) is 0 Å². The van der Waals surface area contributed by atoms with Gasteiger partial charge >= 0.3 is 0 Å². The predicted octanol–water partition coefficient (Wildman–Crippen LogP) is 3.26. The monoisotopic (exact) mass is 320 g/mol. The van der Waals surface area contributed by atoms with Crippen molar-refractivity contribution in [2.45, 2.75) is 50.0 Å². The van der Waals surface area contributed by atoms with E-state index in [0.717, 1.165) is 31.2 Å². The van der Waals surface area contributed by atoms with E-state index in [2.05, 4.69) is 9.71 Å². The predicted molar refractivity (Wildman–Crippen MR) is 83.9 cm³/mol. The van der Waals surface area contributed by atoms with Gasteiger partial charge in [-0.15, -0.1) is 0 Å². The van der Waals surface area contributed by atoms with Gasteiger partial charge in [0.1, 0.15) is 12.0 Å². The van der Waals surface area contributed by atoms with Crippen LogP contribution in [0.15, 0.2) is 39.8 Å². The number of hydrogen-bond acceptors (Lipinski definition) is 4. The molecule has 1 aromatic heterocycles. The average Bonchev–Trinajstić information content (AvgIpc) is 2.95. The zero-order chi connectivity index (χ0) is 15.6. The molecule has 5 nitrogen and oxygen atoms in total. The molecule has 0 saturated heterocycles. The molecule has 1 aromatic carbocycles. The lowest BCUT2D eigenvalue weighted by Gasteiger charge is -2.22. The summed E-state index contributed by atoms with van der Waals surface area (Å²) in [6.07, 6.45) is 6.81. The van der Waals surface area contributed by atoms with E-state index in [4.69, 9.17) is 4.42 Å². The Balaban J connectivity index is 1.76. The van der Waals surface area contributed by atoms with E-state index in [0.29, 0.717) is 16.5 Å². The highest BCUT2D eigenvalue weighted by molar-refractivity contribution is 7.89. The Morgan fingerprint density at radius 3 is 2.41 bits per heavy atom. The average molecular weight is 320 g/mol. The number of sulfonamides is 1. The van der Waals surface area contributed by atoms with E-state index in [9.17, 15) is 8.42 Å². The molecule has 0 bridgehead atoms.